The lowest BCUT2D eigenvalue weighted by Crippen LogP contribution is -2.35. The number of hydrogen-bond donors (Lipinski definition) is 1. The minimum atomic E-state index is 0.0795. The molecule has 0 unspecified atom stereocenters. The van der Waals surface area contributed by atoms with Gasteiger partial charge < -0.3 is 4.74 Å². The lowest BCUT2D eigenvalue weighted by Gasteiger charge is -2.11. The van der Waals surface area contributed by atoms with Crippen LogP contribution in [0.2, 0.25) is 0 Å². The van der Waals surface area contributed by atoms with Crippen LogP contribution in [0.1, 0.15) is 30.4 Å². The van der Waals surface area contributed by atoms with Crippen molar-refractivity contribution in [2.45, 2.75) is 32.6 Å². The Labute approximate surface area is 115 Å². The number of hydrazine groups is 1. The largest absolute Gasteiger partial charge is 0.496 e. The third-order valence-corrected chi connectivity index (χ3v) is 2.93. The van der Waals surface area contributed by atoms with Gasteiger partial charge in [-0.25, -0.2) is 5.01 Å². The summed E-state index contributed by atoms with van der Waals surface area (Å²) in [5, 5.41) is 1.68. The Bertz CT molecular complexity index is 417. The molecule has 1 N–H and O–H groups in total. The van der Waals surface area contributed by atoms with Crippen molar-refractivity contribution in [1.82, 2.24) is 10.4 Å². The van der Waals surface area contributed by atoms with E-state index in [1.54, 1.807) is 12.1 Å². The van der Waals surface area contributed by atoms with E-state index in [4.69, 9.17) is 4.74 Å². The van der Waals surface area contributed by atoms with Crippen LogP contribution in [0.25, 0.3) is 0 Å². The van der Waals surface area contributed by atoms with Gasteiger partial charge in [-0.2, -0.15) is 0 Å². The summed E-state index contributed by atoms with van der Waals surface area (Å²) < 4.78 is 5.24. The lowest BCUT2D eigenvalue weighted by molar-refractivity contribution is -0.124. The highest BCUT2D eigenvalue weighted by atomic mass is 16.5. The summed E-state index contributed by atoms with van der Waals surface area (Å²) in [5.41, 5.74) is 5.20. The van der Waals surface area contributed by atoms with Gasteiger partial charge in [0.1, 0.15) is 5.75 Å². The summed E-state index contributed by atoms with van der Waals surface area (Å²) in [5.74, 6) is 1.00. The predicted molar refractivity (Wildman–Crippen MR) is 77.1 cm³/mol. The second kappa shape index (κ2) is 7.79. The van der Waals surface area contributed by atoms with E-state index in [9.17, 15) is 4.79 Å². The molecule has 0 aliphatic rings. The molecule has 0 bridgehead atoms. The first-order valence-electron chi connectivity index (χ1n) is 6.63. The van der Waals surface area contributed by atoms with E-state index >= 15 is 0 Å². The molecule has 0 aliphatic heterocycles. The molecule has 4 heteroatoms. The van der Waals surface area contributed by atoms with Crippen molar-refractivity contribution >= 4 is 5.91 Å². The maximum Gasteiger partial charge on any atom is 0.234 e. The highest BCUT2D eigenvalue weighted by Gasteiger charge is 2.03. The second-order valence-corrected chi connectivity index (χ2v) is 4.94. The molecule has 0 heterocycles. The average Bonchev–Trinajstić information content (AvgIpc) is 2.34. The Morgan fingerprint density at radius 2 is 2.05 bits per heavy atom. The van der Waals surface area contributed by atoms with Crippen molar-refractivity contribution < 1.29 is 9.53 Å². The van der Waals surface area contributed by atoms with Crippen molar-refractivity contribution in [2.75, 3.05) is 21.2 Å². The zero-order chi connectivity index (χ0) is 14.3. The molecule has 0 saturated heterocycles. The normalized spacial score (nSPS) is 10.6. The minimum absolute atomic E-state index is 0.0795. The summed E-state index contributed by atoms with van der Waals surface area (Å²) >= 11 is 0. The van der Waals surface area contributed by atoms with Gasteiger partial charge in [-0.3, -0.25) is 10.2 Å². The highest BCUT2D eigenvalue weighted by Crippen LogP contribution is 2.19. The topological polar surface area (TPSA) is 41.6 Å². The summed E-state index contributed by atoms with van der Waals surface area (Å²) in [7, 11) is 5.32. The van der Waals surface area contributed by atoms with E-state index < -0.39 is 0 Å². The molecule has 0 radical (unpaired) electrons. The first kappa shape index (κ1) is 15.5. The molecule has 4 nitrogen and oxygen atoms in total. The molecule has 1 aromatic rings. The maximum atomic E-state index is 11.4. The van der Waals surface area contributed by atoms with Crippen LogP contribution in [0.5, 0.6) is 5.75 Å². The Hall–Kier alpha value is -1.55. The standard InChI is InChI=1S/C15H24N2O2/c1-12-11-13(9-10-14(12)19-4)7-5-6-8-15(18)16-17(2)3/h9-11H,5-8H2,1-4H3,(H,16,18). The van der Waals surface area contributed by atoms with Crippen molar-refractivity contribution in [3.8, 4) is 5.75 Å². The first-order chi connectivity index (χ1) is 9.02. The monoisotopic (exact) mass is 264 g/mol. The molecular formula is C15H24N2O2. The van der Waals surface area contributed by atoms with Gasteiger partial charge in [-0.05, 0) is 43.4 Å². The van der Waals surface area contributed by atoms with Gasteiger partial charge in [0.05, 0.1) is 7.11 Å². The second-order valence-electron chi connectivity index (χ2n) is 4.94. The van der Waals surface area contributed by atoms with Gasteiger partial charge >= 0.3 is 0 Å². The van der Waals surface area contributed by atoms with Crippen LogP contribution in [0.4, 0.5) is 0 Å². The number of amides is 1. The summed E-state index contributed by atoms with van der Waals surface area (Å²) in [6.07, 6.45) is 3.50. The van der Waals surface area contributed by atoms with Gasteiger partial charge in [0.2, 0.25) is 5.91 Å². The Morgan fingerprint density at radius 3 is 2.63 bits per heavy atom. The number of ether oxygens (including phenoxy) is 1. The van der Waals surface area contributed by atoms with E-state index in [2.05, 4.69) is 17.6 Å². The van der Waals surface area contributed by atoms with Crippen molar-refractivity contribution in [2.24, 2.45) is 0 Å². The minimum Gasteiger partial charge on any atom is -0.496 e. The lowest BCUT2D eigenvalue weighted by atomic mass is 10.0. The number of carbonyl (C=O) groups is 1. The third-order valence-electron chi connectivity index (χ3n) is 2.93. The molecule has 1 aromatic carbocycles. The number of unbranched alkanes of at least 4 members (excludes halogenated alkanes) is 1. The Morgan fingerprint density at radius 1 is 1.32 bits per heavy atom. The maximum absolute atomic E-state index is 11.4. The third kappa shape index (κ3) is 5.75. The van der Waals surface area contributed by atoms with E-state index in [-0.39, 0.29) is 5.91 Å². The fourth-order valence-corrected chi connectivity index (χ4v) is 2.02. The van der Waals surface area contributed by atoms with Crippen LogP contribution in [0, 0.1) is 6.92 Å². The highest BCUT2D eigenvalue weighted by molar-refractivity contribution is 5.75. The zero-order valence-corrected chi connectivity index (χ0v) is 12.3. The number of methoxy groups -OCH3 is 1. The SMILES string of the molecule is COc1ccc(CCCCC(=O)NN(C)C)cc1C. The molecule has 0 saturated carbocycles. The van der Waals surface area contributed by atoms with E-state index in [0.717, 1.165) is 30.6 Å². The number of carbonyl (C=O) groups excluding carboxylic acids is 1. The van der Waals surface area contributed by atoms with Gasteiger partial charge in [0, 0.05) is 20.5 Å². The van der Waals surface area contributed by atoms with E-state index in [1.165, 1.54) is 5.56 Å². The molecule has 0 fully saturated rings. The molecule has 0 spiro atoms. The first-order valence-corrected chi connectivity index (χ1v) is 6.63. The van der Waals surface area contributed by atoms with Crippen LogP contribution in [-0.4, -0.2) is 32.1 Å². The molecule has 0 aromatic heterocycles. The number of aryl methyl sites for hydroxylation is 2. The van der Waals surface area contributed by atoms with E-state index in [1.807, 2.05) is 27.1 Å². The summed E-state index contributed by atoms with van der Waals surface area (Å²) in [6, 6.07) is 6.24. The fraction of sp³-hybridized carbons (Fsp3) is 0.533. The molecule has 106 valence electrons. The van der Waals surface area contributed by atoms with E-state index in [0.29, 0.717) is 6.42 Å². The molecule has 0 atom stereocenters. The molecule has 0 aliphatic carbocycles. The molecule has 19 heavy (non-hydrogen) atoms. The van der Waals surface area contributed by atoms with Crippen LogP contribution < -0.4 is 10.2 Å². The molecular weight excluding hydrogens is 240 g/mol. The van der Waals surface area contributed by atoms with Crippen LogP contribution in [0.15, 0.2) is 18.2 Å². The number of benzene rings is 1. The quantitative estimate of drug-likeness (QED) is 0.607. The summed E-state index contributed by atoms with van der Waals surface area (Å²) in [4.78, 5) is 11.4. The Balaban J connectivity index is 2.30. The number of nitrogens with zero attached hydrogens (tertiary/aromatic N) is 1. The number of rotatable bonds is 7. The predicted octanol–water partition coefficient (Wildman–Crippen LogP) is 2.31. The average molecular weight is 264 g/mol. The Kier molecular flexibility index (Phi) is 6.36. The van der Waals surface area contributed by atoms with Crippen LogP contribution in [0.3, 0.4) is 0 Å². The molecule has 1 amide bonds. The van der Waals surface area contributed by atoms with Crippen molar-refractivity contribution in [1.29, 1.82) is 0 Å². The van der Waals surface area contributed by atoms with Gasteiger partial charge in [0.25, 0.3) is 0 Å². The van der Waals surface area contributed by atoms with Gasteiger partial charge in [-0.15, -0.1) is 0 Å². The molecule has 1 rings (SSSR count). The summed E-state index contributed by atoms with van der Waals surface area (Å²) in [6.45, 7) is 2.05. The van der Waals surface area contributed by atoms with Crippen molar-refractivity contribution in [3.05, 3.63) is 29.3 Å². The van der Waals surface area contributed by atoms with Crippen LogP contribution in [-0.2, 0) is 11.2 Å². The van der Waals surface area contributed by atoms with Gasteiger partial charge in [0.15, 0.2) is 0 Å². The smallest absolute Gasteiger partial charge is 0.234 e. The fourth-order valence-electron chi connectivity index (χ4n) is 2.02. The van der Waals surface area contributed by atoms with Crippen molar-refractivity contribution in [3.63, 3.8) is 0 Å². The number of hydrogen-bond acceptors (Lipinski definition) is 3. The zero-order valence-electron chi connectivity index (χ0n) is 12.3. The van der Waals surface area contributed by atoms with Gasteiger partial charge in [-0.1, -0.05) is 12.1 Å². The number of nitrogens with one attached hydrogen (secondary N) is 1. The van der Waals surface area contributed by atoms with Crippen LogP contribution >= 0.6 is 0 Å².